The summed E-state index contributed by atoms with van der Waals surface area (Å²) in [4.78, 5) is 43.2. The smallest absolute Gasteiger partial charge is 0.325 e. The van der Waals surface area contributed by atoms with Gasteiger partial charge in [0.05, 0.1) is 0 Å². The van der Waals surface area contributed by atoms with Gasteiger partial charge in [0.25, 0.3) is 5.91 Å². The number of hydrogen-bond donors (Lipinski definition) is 2. The summed E-state index contributed by atoms with van der Waals surface area (Å²) in [7, 11) is 0. The molecular formula is C23H33N5O3. The highest BCUT2D eigenvalue weighted by molar-refractivity contribution is 6.09. The average molecular weight is 428 g/mol. The number of nitrogens with one attached hydrogen (secondary N) is 2. The number of imide groups is 1. The van der Waals surface area contributed by atoms with Crippen LogP contribution in [-0.4, -0.2) is 79.0 Å². The molecule has 4 rings (SSSR count). The third-order valence-electron chi connectivity index (χ3n) is 6.72. The van der Waals surface area contributed by atoms with Crippen LogP contribution in [0.15, 0.2) is 30.3 Å². The van der Waals surface area contributed by atoms with E-state index in [0.717, 1.165) is 63.3 Å². The maximum Gasteiger partial charge on any atom is 0.325 e. The molecule has 0 radical (unpaired) electrons. The normalized spacial score (nSPS) is 21.4. The maximum absolute atomic E-state index is 12.7. The van der Waals surface area contributed by atoms with Gasteiger partial charge in [-0.2, -0.15) is 0 Å². The summed E-state index contributed by atoms with van der Waals surface area (Å²) in [5.74, 6) is -0.506. The van der Waals surface area contributed by atoms with Gasteiger partial charge in [-0.3, -0.25) is 19.4 Å². The van der Waals surface area contributed by atoms with E-state index in [9.17, 15) is 14.4 Å². The van der Waals surface area contributed by atoms with E-state index in [2.05, 4.69) is 44.7 Å². The van der Waals surface area contributed by atoms with Gasteiger partial charge in [-0.15, -0.1) is 0 Å². The zero-order chi connectivity index (χ0) is 21.7. The molecule has 2 aliphatic heterocycles. The Bertz CT molecular complexity index is 786. The Morgan fingerprint density at radius 2 is 1.71 bits per heavy atom. The van der Waals surface area contributed by atoms with E-state index in [1.165, 1.54) is 5.69 Å². The van der Waals surface area contributed by atoms with Crippen LogP contribution in [0, 0.1) is 0 Å². The van der Waals surface area contributed by atoms with E-state index in [1.54, 1.807) is 0 Å². The summed E-state index contributed by atoms with van der Waals surface area (Å²) in [6.07, 6.45) is 5.16. The lowest BCUT2D eigenvalue weighted by Crippen LogP contribution is -2.49. The van der Waals surface area contributed by atoms with E-state index in [-0.39, 0.29) is 18.4 Å². The fourth-order valence-electron chi connectivity index (χ4n) is 4.91. The minimum atomic E-state index is -0.766. The molecule has 1 aliphatic carbocycles. The van der Waals surface area contributed by atoms with E-state index >= 15 is 0 Å². The SMILES string of the molecule is O=C(CN1C(=O)NC2(CCCCC2)C1=O)NCCCN1CCN(c2ccccc2)CC1. The fraction of sp³-hybridized carbons (Fsp3) is 0.609. The van der Waals surface area contributed by atoms with E-state index in [0.29, 0.717) is 19.4 Å². The summed E-state index contributed by atoms with van der Waals surface area (Å²) >= 11 is 0. The molecule has 1 aromatic rings. The number of piperazine rings is 1. The van der Waals surface area contributed by atoms with Crippen LogP contribution < -0.4 is 15.5 Å². The Morgan fingerprint density at radius 1 is 1.00 bits per heavy atom. The molecule has 168 valence electrons. The van der Waals surface area contributed by atoms with Crippen molar-refractivity contribution in [3.63, 3.8) is 0 Å². The third-order valence-corrected chi connectivity index (χ3v) is 6.72. The van der Waals surface area contributed by atoms with Crippen molar-refractivity contribution >= 4 is 23.5 Å². The average Bonchev–Trinajstić information content (AvgIpc) is 3.02. The minimum absolute atomic E-state index is 0.192. The Hall–Kier alpha value is -2.61. The van der Waals surface area contributed by atoms with Gasteiger partial charge in [-0.05, 0) is 37.9 Å². The van der Waals surface area contributed by atoms with Crippen LogP contribution in [0.2, 0.25) is 0 Å². The molecule has 0 bridgehead atoms. The standard InChI is InChI=1S/C23H33N5O3/c29-20(18-28-21(30)23(25-22(28)31)10-5-2-6-11-23)24-12-7-13-26-14-16-27(17-15-26)19-8-3-1-4-9-19/h1,3-4,8-9H,2,5-7,10-18H2,(H,24,29)(H,25,31). The molecule has 1 spiro atoms. The number of amides is 4. The number of urea groups is 1. The Labute approximate surface area is 183 Å². The number of hydrogen-bond acceptors (Lipinski definition) is 5. The first-order valence-corrected chi connectivity index (χ1v) is 11.5. The highest BCUT2D eigenvalue weighted by Gasteiger charge is 2.51. The molecule has 1 aromatic carbocycles. The van der Waals surface area contributed by atoms with Gasteiger partial charge in [0.15, 0.2) is 0 Å². The van der Waals surface area contributed by atoms with Crippen LogP contribution in [0.5, 0.6) is 0 Å². The highest BCUT2D eigenvalue weighted by atomic mass is 16.2. The zero-order valence-corrected chi connectivity index (χ0v) is 18.1. The van der Waals surface area contributed by atoms with Crippen molar-refractivity contribution in [2.75, 3.05) is 50.7 Å². The quantitative estimate of drug-likeness (QED) is 0.510. The van der Waals surface area contributed by atoms with Gasteiger partial charge in [-0.1, -0.05) is 37.5 Å². The first-order chi connectivity index (χ1) is 15.1. The topological polar surface area (TPSA) is 85.0 Å². The van der Waals surface area contributed by atoms with Gasteiger partial charge in [0.2, 0.25) is 5.91 Å². The maximum atomic E-state index is 12.7. The van der Waals surface area contributed by atoms with E-state index < -0.39 is 11.6 Å². The number of carbonyl (C=O) groups is 3. The number of anilines is 1. The van der Waals surface area contributed by atoms with Gasteiger partial charge in [0.1, 0.15) is 12.1 Å². The van der Waals surface area contributed by atoms with Gasteiger partial charge < -0.3 is 15.5 Å². The lowest BCUT2D eigenvalue weighted by Gasteiger charge is -2.36. The van der Waals surface area contributed by atoms with Crippen LogP contribution in [-0.2, 0) is 9.59 Å². The molecule has 3 aliphatic rings. The highest BCUT2D eigenvalue weighted by Crippen LogP contribution is 2.33. The summed E-state index contributed by atoms with van der Waals surface area (Å²) in [6, 6.07) is 10.0. The van der Waals surface area contributed by atoms with E-state index in [4.69, 9.17) is 0 Å². The Kier molecular flexibility index (Phi) is 6.75. The first kappa shape index (κ1) is 21.6. The van der Waals surface area contributed by atoms with Crippen LogP contribution in [0.1, 0.15) is 38.5 Å². The molecule has 8 heteroatoms. The van der Waals surface area contributed by atoms with Crippen LogP contribution in [0.3, 0.4) is 0 Å². The molecule has 0 unspecified atom stereocenters. The van der Waals surface area contributed by atoms with Crippen molar-refractivity contribution < 1.29 is 14.4 Å². The van der Waals surface area contributed by atoms with Crippen molar-refractivity contribution in [2.24, 2.45) is 0 Å². The number of nitrogens with zero attached hydrogens (tertiary/aromatic N) is 3. The lowest BCUT2D eigenvalue weighted by molar-refractivity contribution is -0.135. The second-order valence-electron chi connectivity index (χ2n) is 8.83. The van der Waals surface area contributed by atoms with Crippen LogP contribution >= 0.6 is 0 Å². The monoisotopic (exact) mass is 427 g/mol. The summed E-state index contributed by atoms with van der Waals surface area (Å²) in [6.45, 7) is 5.30. The number of rotatable bonds is 7. The van der Waals surface area contributed by atoms with Crippen molar-refractivity contribution in [2.45, 2.75) is 44.1 Å². The summed E-state index contributed by atoms with van der Waals surface area (Å²) in [5.41, 5.74) is 0.502. The second-order valence-corrected chi connectivity index (χ2v) is 8.83. The van der Waals surface area contributed by atoms with Crippen molar-refractivity contribution in [3.8, 4) is 0 Å². The second kappa shape index (κ2) is 9.68. The molecule has 2 saturated heterocycles. The number of para-hydroxylation sites is 1. The largest absolute Gasteiger partial charge is 0.369 e. The van der Waals surface area contributed by atoms with Crippen LogP contribution in [0.4, 0.5) is 10.5 Å². The zero-order valence-electron chi connectivity index (χ0n) is 18.1. The van der Waals surface area contributed by atoms with Gasteiger partial charge in [-0.25, -0.2) is 4.79 Å². The van der Waals surface area contributed by atoms with Gasteiger partial charge >= 0.3 is 6.03 Å². The molecular weight excluding hydrogens is 394 g/mol. The number of carbonyl (C=O) groups excluding carboxylic acids is 3. The Balaban J connectivity index is 1.14. The van der Waals surface area contributed by atoms with Crippen molar-refractivity contribution in [1.29, 1.82) is 0 Å². The fourth-order valence-corrected chi connectivity index (χ4v) is 4.91. The molecule has 4 amide bonds. The molecule has 8 nitrogen and oxygen atoms in total. The van der Waals surface area contributed by atoms with E-state index in [1.807, 2.05) is 6.07 Å². The molecule has 3 fully saturated rings. The molecule has 2 heterocycles. The number of benzene rings is 1. The lowest BCUT2D eigenvalue weighted by atomic mass is 9.82. The van der Waals surface area contributed by atoms with Crippen molar-refractivity contribution in [1.82, 2.24) is 20.4 Å². The van der Waals surface area contributed by atoms with Crippen LogP contribution in [0.25, 0.3) is 0 Å². The molecule has 2 N–H and O–H groups in total. The Morgan fingerprint density at radius 3 is 2.42 bits per heavy atom. The van der Waals surface area contributed by atoms with Crippen molar-refractivity contribution in [3.05, 3.63) is 30.3 Å². The first-order valence-electron chi connectivity index (χ1n) is 11.5. The summed E-state index contributed by atoms with van der Waals surface area (Å²) in [5, 5.41) is 5.71. The molecule has 31 heavy (non-hydrogen) atoms. The summed E-state index contributed by atoms with van der Waals surface area (Å²) < 4.78 is 0. The van der Waals surface area contributed by atoms with Gasteiger partial charge in [0, 0.05) is 38.4 Å². The molecule has 1 saturated carbocycles. The third kappa shape index (κ3) is 5.01. The predicted octanol–water partition coefficient (Wildman–Crippen LogP) is 1.57. The molecule has 0 atom stereocenters. The minimum Gasteiger partial charge on any atom is -0.369 e. The predicted molar refractivity (Wildman–Crippen MR) is 119 cm³/mol. The molecule has 0 aromatic heterocycles.